The van der Waals surface area contributed by atoms with Crippen LogP contribution in [-0.2, 0) is 7.05 Å². The first-order valence-corrected chi connectivity index (χ1v) is 6.11. The minimum Gasteiger partial charge on any atom is -0.427 e. The van der Waals surface area contributed by atoms with Gasteiger partial charge in [-0.25, -0.2) is 4.98 Å². The molecule has 5 nitrogen and oxygen atoms in total. The zero-order valence-electron chi connectivity index (χ0n) is 9.69. The minimum absolute atomic E-state index is 0.471. The van der Waals surface area contributed by atoms with Crippen LogP contribution in [0.3, 0.4) is 0 Å². The molecule has 1 heterocycles. The highest BCUT2D eigenvalue weighted by Crippen LogP contribution is 2.27. The lowest BCUT2D eigenvalue weighted by Crippen LogP contribution is -1.86. The summed E-state index contributed by atoms with van der Waals surface area (Å²) in [6.07, 6.45) is 3.71. The second kappa shape index (κ2) is 7.01. The van der Waals surface area contributed by atoms with Crippen molar-refractivity contribution in [2.24, 2.45) is 7.05 Å². The molecule has 0 saturated carbocycles. The number of imidazole rings is 1. The maximum absolute atomic E-state index is 8.40. The molecular weight excluding hydrogens is 239 g/mol. The average molecular weight is 254 g/mol. The molecule has 0 amide bonds. The Bertz CT molecular complexity index is 415. The van der Waals surface area contributed by atoms with E-state index < -0.39 is 8.60 Å². The second-order valence-electron chi connectivity index (χ2n) is 3.24. The minimum atomic E-state index is -2.28. The highest BCUT2D eigenvalue weighted by molar-refractivity contribution is 7.39. The third-order valence-corrected chi connectivity index (χ3v) is 2.37. The van der Waals surface area contributed by atoms with Gasteiger partial charge < -0.3 is 18.9 Å². The summed E-state index contributed by atoms with van der Waals surface area (Å²) < 4.78 is 6.56. The van der Waals surface area contributed by atoms with E-state index in [2.05, 4.69) is 9.51 Å². The quantitative estimate of drug-likeness (QED) is 0.804. The third-order valence-electron chi connectivity index (χ3n) is 1.99. The summed E-state index contributed by atoms with van der Waals surface area (Å²) in [4.78, 5) is 20.8. The van der Waals surface area contributed by atoms with Gasteiger partial charge in [-0.2, -0.15) is 0 Å². The number of rotatable bonds is 2. The van der Waals surface area contributed by atoms with E-state index in [0.717, 1.165) is 5.82 Å². The summed E-state index contributed by atoms with van der Waals surface area (Å²) in [5.74, 6) is 1.53. The monoisotopic (exact) mass is 254 g/mol. The fraction of sp³-hybridized carbons (Fsp3) is 0.182. The molecule has 0 bridgehead atoms. The molecule has 1 aromatic heterocycles. The summed E-state index contributed by atoms with van der Waals surface area (Å²) in [5, 5.41) is 0. The summed E-state index contributed by atoms with van der Waals surface area (Å²) >= 11 is 0. The van der Waals surface area contributed by atoms with Gasteiger partial charge in [0.15, 0.2) is 0 Å². The van der Waals surface area contributed by atoms with E-state index in [1.54, 1.807) is 30.5 Å². The molecule has 1 aromatic carbocycles. The van der Waals surface area contributed by atoms with E-state index in [0.29, 0.717) is 5.75 Å². The Kier molecular flexibility index (Phi) is 5.63. The zero-order valence-corrected chi connectivity index (χ0v) is 10.6. The molecule has 0 fully saturated rings. The van der Waals surface area contributed by atoms with Crippen molar-refractivity contribution in [1.82, 2.24) is 9.55 Å². The number of benzene rings is 1. The van der Waals surface area contributed by atoms with Gasteiger partial charge in [0, 0.05) is 19.4 Å². The SMILES string of the molecule is Cc1nccn1C.OP(O)Oc1ccccc1. The first-order valence-electron chi connectivity index (χ1n) is 4.94. The van der Waals surface area contributed by atoms with Crippen LogP contribution < -0.4 is 4.52 Å². The number of hydrogen-bond donors (Lipinski definition) is 2. The van der Waals surface area contributed by atoms with Crippen LogP contribution in [0.4, 0.5) is 0 Å². The van der Waals surface area contributed by atoms with E-state index >= 15 is 0 Å². The molecule has 0 aliphatic carbocycles. The lowest BCUT2D eigenvalue weighted by molar-refractivity contribution is 0.375. The van der Waals surface area contributed by atoms with Crippen molar-refractivity contribution in [3.8, 4) is 5.75 Å². The molecular formula is C11H15N2O3P. The van der Waals surface area contributed by atoms with Crippen LogP contribution in [0.15, 0.2) is 42.7 Å². The Balaban J connectivity index is 0.000000181. The van der Waals surface area contributed by atoms with Crippen molar-refractivity contribution < 1.29 is 14.3 Å². The smallest absolute Gasteiger partial charge is 0.391 e. The van der Waals surface area contributed by atoms with Crippen molar-refractivity contribution >= 4 is 8.60 Å². The predicted molar refractivity (Wildman–Crippen MR) is 66.4 cm³/mol. The molecule has 92 valence electrons. The number of para-hydroxylation sites is 1. The van der Waals surface area contributed by atoms with Gasteiger partial charge in [-0.05, 0) is 19.1 Å². The maximum atomic E-state index is 8.40. The fourth-order valence-electron chi connectivity index (χ4n) is 1.02. The standard InChI is InChI=1S/C6H7O3P.C5H8N2/c7-10(8)9-6-4-2-1-3-5-6;1-5-6-3-4-7(5)2/h1-5,7-8H;3-4H,1-2H3. The molecule has 2 N–H and O–H groups in total. The highest BCUT2D eigenvalue weighted by Gasteiger charge is 1.99. The van der Waals surface area contributed by atoms with Gasteiger partial charge in [0.1, 0.15) is 11.6 Å². The van der Waals surface area contributed by atoms with Crippen LogP contribution in [-0.4, -0.2) is 19.3 Å². The molecule has 0 unspecified atom stereocenters. The van der Waals surface area contributed by atoms with Gasteiger partial charge >= 0.3 is 8.60 Å². The van der Waals surface area contributed by atoms with E-state index in [-0.39, 0.29) is 0 Å². The first-order chi connectivity index (χ1) is 8.09. The van der Waals surface area contributed by atoms with Crippen LogP contribution in [0.2, 0.25) is 0 Å². The molecule has 6 heteroatoms. The van der Waals surface area contributed by atoms with Gasteiger partial charge in [-0.1, -0.05) is 18.2 Å². The largest absolute Gasteiger partial charge is 0.427 e. The van der Waals surface area contributed by atoms with Crippen molar-refractivity contribution in [3.63, 3.8) is 0 Å². The van der Waals surface area contributed by atoms with Gasteiger partial charge in [0.2, 0.25) is 0 Å². The van der Waals surface area contributed by atoms with Crippen molar-refractivity contribution in [2.45, 2.75) is 6.92 Å². The van der Waals surface area contributed by atoms with Gasteiger partial charge in [-0.3, -0.25) is 0 Å². The Morgan fingerprint density at radius 1 is 1.24 bits per heavy atom. The normalized spacial score (nSPS) is 9.71. The molecule has 0 spiro atoms. The molecule has 2 rings (SSSR count). The van der Waals surface area contributed by atoms with E-state index in [1.165, 1.54) is 0 Å². The number of aryl methyl sites for hydroxylation is 2. The van der Waals surface area contributed by atoms with Crippen molar-refractivity contribution in [2.75, 3.05) is 0 Å². The van der Waals surface area contributed by atoms with Crippen molar-refractivity contribution in [3.05, 3.63) is 48.5 Å². The topological polar surface area (TPSA) is 67.5 Å². The van der Waals surface area contributed by atoms with E-state index in [1.807, 2.05) is 30.8 Å². The number of hydrogen-bond acceptors (Lipinski definition) is 4. The van der Waals surface area contributed by atoms with E-state index in [9.17, 15) is 0 Å². The molecule has 0 saturated heterocycles. The zero-order chi connectivity index (χ0) is 12.7. The summed E-state index contributed by atoms with van der Waals surface area (Å²) in [5.41, 5.74) is 0. The van der Waals surface area contributed by atoms with Gasteiger partial charge in [0.25, 0.3) is 0 Å². The maximum Gasteiger partial charge on any atom is 0.391 e. The van der Waals surface area contributed by atoms with Crippen LogP contribution in [0.1, 0.15) is 5.82 Å². The van der Waals surface area contributed by atoms with Crippen LogP contribution in [0, 0.1) is 6.92 Å². The number of aromatic nitrogens is 2. The van der Waals surface area contributed by atoms with Gasteiger partial charge in [0.05, 0.1) is 0 Å². The summed E-state index contributed by atoms with van der Waals surface area (Å²) in [7, 11) is -0.302. The average Bonchev–Trinajstić information content (AvgIpc) is 2.65. The van der Waals surface area contributed by atoms with Crippen LogP contribution in [0.25, 0.3) is 0 Å². The summed E-state index contributed by atoms with van der Waals surface area (Å²) in [6, 6.07) is 8.65. The predicted octanol–water partition coefficient (Wildman–Crippen LogP) is 2.01. The Labute approximate surface area is 101 Å². The Hall–Kier alpha value is -1.42. The van der Waals surface area contributed by atoms with Crippen LogP contribution in [0.5, 0.6) is 5.75 Å². The van der Waals surface area contributed by atoms with Gasteiger partial charge in [-0.15, -0.1) is 0 Å². The summed E-state index contributed by atoms with van der Waals surface area (Å²) in [6.45, 7) is 1.97. The molecule has 0 radical (unpaired) electrons. The van der Waals surface area contributed by atoms with Crippen LogP contribution >= 0.6 is 8.60 Å². The molecule has 0 aliphatic heterocycles. The molecule has 2 aromatic rings. The second-order valence-corrected chi connectivity index (χ2v) is 3.93. The molecule has 0 aliphatic rings. The fourth-order valence-corrected chi connectivity index (χ4v) is 1.33. The Morgan fingerprint density at radius 2 is 1.88 bits per heavy atom. The first kappa shape index (κ1) is 13.6. The third kappa shape index (κ3) is 5.45. The Morgan fingerprint density at radius 3 is 2.24 bits per heavy atom. The lowest BCUT2D eigenvalue weighted by atomic mass is 10.3. The number of nitrogens with zero attached hydrogens (tertiary/aromatic N) is 2. The van der Waals surface area contributed by atoms with Crippen molar-refractivity contribution in [1.29, 1.82) is 0 Å². The molecule has 17 heavy (non-hydrogen) atoms. The van der Waals surface area contributed by atoms with E-state index in [4.69, 9.17) is 9.79 Å². The highest BCUT2D eigenvalue weighted by atomic mass is 31.2. The lowest BCUT2D eigenvalue weighted by Gasteiger charge is -2.02. The molecule has 0 atom stereocenters.